The molecule has 4 rings (SSSR count). The number of β-lactam (4-membered cyclic amide) rings is 1. The van der Waals surface area contributed by atoms with Crippen LogP contribution in [0.15, 0.2) is 54.6 Å². The van der Waals surface area contributed by atoms with Gasteiger partial charge in [0.15, 0.2) is 0 Å². The van der Waals surface area contributed by atoms with Crippen LogP contribution in [0, 0.1) is 0 Å². The highest BCUT2D eigenvalue weighted by molar-refractivity contribution is 6.23. The van der Waals surface area contributed by atoms with E-state index >= 15 is 0 Å². The summed E-state index contributed by atoms with van der Waals surface area (Å²) >= 11 is 0. The molecular formula is C18H12N2O4. The highest BCUT2D eigenvalue weighted by Gasteiger charge is 2.56. The van der Waals surface area contributed by atoms with E-state index in [0.29, 0.717) is 12.0 Å². The van der Waals surface area contributed by atoms with Crippen LogP contribution in [-0.2, 0) is 9.59 Å². The molecule has 0 saturated carbocycles. The molecule has 2 aliphatic heterocycles. The molecule has 2 aromatic carbocycles. The minimum Gasteiger partial charge on any atom is -0.278 e. The van der Waals surface area contributed by atoms with Gasteiger partial charge in [0.2, 0.25) is 6.41 Å². The molecule has 0 aliphatic carbocycles. The van der Waals surface area contributed by atoms with Gasteiger partial charge in [-0.3, -0.25) is 29.0 Å². The minimum atomic E-state index is -0.995. The number of benzene rings is 2. The summed E-state index contributed by atoms with van der Waals surface area (Å²) in [5, 5.41) is 0. The molecule has 2 aliphatic rings. The van der Waals surface area contributed by atoms with Crippen molar-refractivity contribution in [3.05, 3.63) is 71.3 Å². The summed E-state index contributed by atoms with van der Waals surface area (Å²) in [6.07, 6.45) is 0.439. The smallest absolute Gasteiger partial charge is 0.262 e. The Hall–Kier alpha value is -3.28. The molecule has 0 aromatic heterocycles. The van der Waals surface area contributed by atoms with Crippen LogP contribution in [0.5, 0.6) is 0 Å². The van der Waals surface area contributed by atoms with E-state index in [1.54, 1.807) is 48.5 Å². The number of rotatable bonds is 3. The second kappa shape index (κ2) is 5.13. The van der Waals surface area contributed by atoms with Crippen LogP contribution >= 0.6 is 0 Å². The number of amides is 4. The van der Waals surface area contributed by atoms with Crippen molar-refractivity contribution in [2.45, 2.75) is 12.1 Å². The molecule has 2 heterocycles. The van der Waals surface area contributed by atoms with Crippen LogP contribution in [0.25, 0.3) is 0 Å². The Morgan fingerprint density at radius 3 is 1.83 bits per heavy atom. The monoisotopic (exact) mass is 320 g/mol. The fourth-order valence-electron chi connectivity index (χ4n) is 3.32. The summed E-state index contributed by atoms with van der Waals surface area (Å²) in [5.41, 5.74) is 1.27. The molecule has 6 nitrogen and oxygen atoms in total. The fourth-order valence-corrected chi connectivity index (χ4v) is 3.32. The Bertz CT molecular complexity index is 843. The first kappa shape index (κ1) is 14.3. The number of carbonyl (C=O) groups excluding carboxylic acids is 4. The van der Waals surface area contributed by atoms with Crippen molar-refractivity contribution < 1.29 is 19.2 Å². The molecule has 1 fully saturated rings. The standard InChI is InChI=1S/C18H12N2O4/c21-10-19-14(11-6-2-1-3-7-11)15(18(19)24)20-16(22)12-8-4-5-9-13(12)17(20)23/h1-10,14-15H/t14-,15+/m0/s1. The second-order valence-electron chi connectivity index (χ2n) is 5.68. The van der Waals surface area contributed by atoms with E-state index in [2.05, 4.69) is 0 Å². The zero-order valence-corrected chi connectivity index (χ0v) is 12.5. The van der Waals surface area contributed by atoms with Crippen LogP contribution in [-0.4, -0.2) is 40.0 Å². The van der Waals surface area contributed by atoms with E-state index in [0.717, 1.165) is 9.80 Å². The largest absolute Gasteiger partial charge is 0.278 e. The molecule has 1 saturated heterocycles. The summed E-state index contributed by atoms with van der Waals surface area (Å²) in [5.74, 6) is -1.55. The van der Waals surface area contributed by atoms with Crippen molar-refractivity contribution >= 4 is 24.1 Å². The lowest BCUT2D eigenvalue weighted by atomic mass is 9.88. The van der Waals surface area contributed by atoms with Gasteiger partial charge >= 0.3 is 0 Å². The summed E-state index contributed by atoms with van der Waals surface area (Å²) in [6.45, 7) is 0. The van der Waals surface area contributed by atoms with Gasteiger partial charge in [0.05, 0.1) is 17.2 Å². The molecule has 0 N–H and O–H groups in total. The third-order valence-corrected chi connectivity index (χ3v) is 4.46. The van der Waals surface area contributed by atoms with Gasteiger partial charge in [-0.1, -0.05) is 42.5 Å². The third kappa shape index (κ3) is 1.76. The Morgan fingerprint density at radius 2 is 1.29 bits per heavy atom. The summed E-state index contributed by atoms with van der Waals surface area (Å²) < 4.78 is 0. The number of hydrogen-bond donors (Lipinski definition) is 0. The maximum Gasteiger partial charge on any atom is 0.262 e. The minimum absolute atomic E-state index is 0.284. The number of likely N-dealkylation sites (tertiary alicyclic amines) is 1. The summed E-state index contributed by atoms with van der Waals surface area (Å²) in [7, 11) is 0. The lowest BCUT2D eigenvalue weighted by molar-refractivity contribution is -0.160. The van der Waals surface area contributed by atoms with Crippen molar-refractivity contribution in [3.63, 3.8) is 0 Å². The summed E-state index contributed by atoms with van der Waals surface area (Å²) in [6, 6.07) is 13.7. The Balaban J connectivity index is 1.76. The van der Waals surface area contributed by atoms with Crippen molar-refractivity contribution in [2.75, 3.05) is 0 Å². The van der Waals surface area contributed by atoms with Crippen molar-refractivity contribution in [1.82, 2.24) is 9.80 Å². The average molecular weight is 320 g/mol. The van der Waals surface area contributed by atoms with Crippen molar-refractivity contribution in [2.24, 2.45) is 0 Å². The predicted molar refractivity (Wildman–Crippen MR) is 82.8 cm³/mol. The molecule has 0 spiro atoms. The Labute approximate surface area is 137 Å². The van der Waals surface area contributed by atoms with Crippen molar-refractivity contribution in [3.8, 4) is 0 Å². The number of carbonyl (C=O) groups is 4. The quantitative estimate of drug-likeness (QED) is 0.486. The first-order valence-corrected chi connectivity index (χ1v) is 7.44. The van der Waals surface area contributed by atoms with Crippen LogP contribution in [0.1, 0.15) is 32.3 Å². The topological polar surface area (TPSA) is 74.8 Å². The number of hydrogen-bond acceptors (Lipinski definition) is 4. The van der Waals surface area contributed by atoms with Gasteiger partial charge in [-0.25, -0.2) is 0 Å². The van der Waals surface area contributed by atoms with E-state index in [4.69, 9.17) is 0 Å². The van der Waals surface area contributed by atoms with Crippen LogP contribution < -0.4 is 0 Å². The zero-order valence-electron chi connectivity index (χ0n) is 12.5. The van der Waals surface area contributed by atoms with Crippen LogP contribution in [0.3, 0.4) is 0 Å². The van der Waals surface area contributed by atoms with E-state index in [-0.39, 0.29) is 11.1 Å². The SMILES string of the molecule is O=CN1C(=O)[C@H](N2C(=O)c3ccccc3C2=O)[C@@H]1c1ccccc1. The maximum absolute atomic E-state index is 12.6. The molecular weight excluding hydrogens is 308 g/mol. The van der Waals surface area contributed by atoms with Crippen LogP contribution in [0.4, 0.5) is 0 Å². The average Bonchev–Trinajstić information content (AvgIpc) is 2.86. The molecule has 2 atom stereocenters. The molecule has 2 aromatic rings. The molecule has 24 heavy (non-hydrogen) atoms. The highest BCUT2D eigenvalue weighted by Crippen LogP contribution is 2.40. The van der Waals surface area contributed by atoms with Gasteiger partial charge in [-0.2, -0.15) is 0 Å². The van der Waals surface area contributed by atoms with Gasteiger partial charge in [-0.05, 0) is 17.7 Å². The predicted octanol–water partition coefficient (Wildman–Crippen LogP) is 1.39. The molecule has 0 unspecified atom stereocenters. The number of imide groups is 2. The summed E-state index contributed by atoms with van der Waals surface area (Å²) in [4.78, 5) is 50.8. The van der Waals surface area contributed by atoms with E-state index < -0.39 is 29.8 Å². The lowest BCUT2D eigenvalue weighted by Crippen LogP contribution is -2.66. The van der Waals surface area contributed by atoms with E-state index in [1.165, 1.54) is 0 Å². The van der Waals surface area contributed by atoms with E-state index in [9.17, 15) is 19.2 Å². The van der Waals surface area contributed by atoms with Gasteiger partial charge < -0.3 is 0 Å². The molecule has 6 heteroatoms. The van der Waals surface area contributed by atoms with Crippen LogP contribution in [0.2, 0.25) is 0 Å². The molecule has 118 valence electrons. The zero-order chi connectivity index (χ0) is 16.8. The lowest BCUT2D eigenvalue weighted by Gasteiger charge is -2.46. The molecule has 0 radical (unpaired) electrons. The van der Waals surface area contributed by atoms with Gasteiger partial charge in [-0.15, -0.1) is 0 Å². The number of fused-ring (bicyclic) bond motifs is 1. The Kier molecular flexibility index (Phi) is 3.06. The first-order valence-electron chi connectivity index (χ1n) is 7.44. The molecule has 0 bridgehead atoms. The maximum atomic E-state index is 12.6. The van der Waals surface area contributed by atoms with Gasteiger partial charge in [0.25, 0.3) is 17.7 Å². The second-order valence-corrected chi connectivity index (χ2v) is 5.68. The third-order valence-electron chi connectivity index (χ3n) is 4.46. The van der Waals surface area contributed by atoms with Crippen molar-refractivity contribution in [1.29, 1.82) is 0 Å². The molecule has 4 amide bonds. The number of nitrogens with zero attached hydrogens (tertiary/aromatic N) is 2. The first-order chi connectivity index (χ1) is 11.6. The van der Waals surface area contributed by atoms with Gasteiger partial charge in [0, 0.05) is 0 Å². The fraction of sp³-hybridized carbons (Fsp3) is 0.111. The van der Waals surface area contributed by atoms with E-state index in [1.807, 2.05) is 6.07 Å². The normalized spacial score (nSPS) is 22.4. The highest BCUT2D eigenvalue weighted by atomic mass is 16.2. The van der Waals surface area contributed by atoms with Gasteiger partial charge in [0.1, 0.15) is 6.04 Å². The Morgan fingerprint density at radius 1 is 0.750 bits per heavy atom.